The number of hydrogen-bond acceptors (Lipinski definition) is 2. The molecule has 0 bridgehead atoms. The molecular formula is C9H10BrClS2. The van der Waals surface area contributed by atoms with Crippen molar-refractivity contribution >= 4 is 50.6 Å². The fourth-order valence-corrected chi connectivity index (χ4v) is 4.86. The average Bonchev–Trinajstić information content (AvgIpc) is 2.64. The Morgan fingerprint density at radius 2 is 2.38 bits per heavy atom. The third-order valence-corrected chi connectivity index (χ3v) is 5.88. The molecule has 0 aromatic carbocycles. The van der Waals surface area contributed by atoms with Gasteiger partial charge in [-0.2, -0.15) is 11.8 Å². The van der Waals surface area contributed by atoms with Crippen molar-refractivity contribution in [3.05, 3.63) is 20.8 Å². The summed E-state index contributed by atoms with van der Waals surface area (Å²) in [6, 6.07) is 2.21. The topological polar surface area (TPSA) is 0 Å². The van der Waals surface area contributed by atoms with Gasteiger partial charge in [0.2, 0.25) is 0 Å². The Bertz CT molecular complexity index is 287. The fraction of sp³-hybridized carbons (Fsp3) is 0.556. The average molecular weight is 298 g/mol. The number of thiophene rings is 1. The van der Waals surface area contributed by atoms with Gasteiger partial charge < -0.3 is 0 Å². The maximum absolute atomic E-state index is 6.21. The first-order chi connectivity index (χ1) is 6.25. The van der Waals surface area contributed by atoms with Crippen molar-refractivity contribution in [2.24, 2.45) is 5.92 Å². The van der Waals surface area contributed by atoms with Crippen molar-refractivity contribution in [2.75, 3.05) is 11.5 Å². The Morgan fingerprint density at radius 1 is 1.54 bits per heavy atom. The molecule has 2 heterocycles. The largest absolute Gasteiger partial charge is 0.160 e. The van der Waals surface area contributed by atoms with Gasteiger partial charge in [0.1, 0.15) is 0 Å². The molecule has 4 heteroatoms. The molecule has 2 unspecified atom stereocenters. The molecule has 0 amide bonds. The first-order valence-electron chi connectivity index (χ1n) is 4.20. The Morgan fingerprint density at radius 3 is 2.92 bits per heavy atom. The van der Waals surface area contributed by atoms with Gasteiger partial charge in [-0.1, -0.05) is 0 Å². The lowest BCUT2D eigenvalue weighted by Gasteiger charge is -2.10. The summed E-state index contributed by atoms with van der Waals surface area (Å²) in [4.78, 5) is 1.45. The molecule has 1 aliphatic rings. The van der Waals surface area contributed by atoms with Gasteiger partial charge in [0, 0.05) is 25.9 Å². The SMILES string of the molecule is ClC1CSCC1Cc1cc(Br)cs1. The Labute approximate surface area is 100 Å². The van der Waals surface area contributed by atoms with Crippen LogP contribution in [0.3, 0.4) is 0 Å². The van der Waals surface area contributed by atoms with E-state index in [0.717, 1.165) is 12.2 Å². The van der Waals surface area contributed by atoms with Gasteiger partial charge in [-0.15, -0.1) is 22.9 Å². The van der Waals surface area contributed by atoms with E-state index >= 15 is 0 Å². The highest BCUT2D eigenvalue weighted by Gasteiger charge is 2.26. The lowest BCUT2D eigenvalue weighted by molar-refractivity contribution is 0.609. The minimum atomic E-state index is 0.380. The Kier molecular flexibility index (Phi) is 3.63. The second-order valence-corrected chi connectivity index (χ2v) is 6.80. The maximum atomic E-state index is 6.21. The number of thioether (sulfide) groups is 1. The van der Waals surface area contributed by atoms with Crippen LogP contribution in [-0.2, 0) is 6.42 Å². The summed E-state index contributed by atoms with van der Waals surface area (Å²) < 4.78 is 1.20. The first kappa shape index (κ1) is 10.3. The van der Waals surface area contributed by atoms with Crippen LogP contribution in [-0.4, -0.2) is 16.9 Å². The molecule has 2 rings (SSSR count). The second kappa shape index (κ2) is 4.56. The number of alkyl halides is 1. The van der Waals surface area contributed by atoms with E-state index < -0.39 is 0 Å². The van der Waals surface area contributed by atoms with Gasteiger partial charge in [-0.25, -0.2) is 0 Å². The monoisotopic (exact) mass is 296 g/mol. The highest BCUT2D eigenvalue weighted by atomic mass is 79.9. The summed E-state index contributed by atoms with van der Waals surface area (Å²) in [6.45, 7) is 0. The number of halogens is 2. The Hall–Kier alpha value is 0.820. The van der Waals surface area contributed by atoms with Crippen molar-refractivity contribution in [1.29, 1.82) is 0 Å². The summed E-state index contributed by atoms with van der Waals surface area (Å²) in [5, 5.41) is 2.52. The molecule has 72 valence electrons. The van der Waals surface area contributed by atoms with Gasteiger partial charge in [0.15, 0.2) is 0 Å². The van der Waals surface area contributed by atoms with Crippen LogP contribution in [0.2, 0.25) is 0 Å². The molecule has 1 aromatic heterocycles. The van der Waals surface area contributed by atoms with E-state index in [-0.39, 0.29) is 0 Å². The zero-order chi connectivity index (χ0) is 9.26. The molecule has 1 aromatic rings. The summed E-state index contributed by atoms with van der Waals surface area (Å²) >= 11 is 13.5. The van der Waals surface area contributed by atoms with Crippen LogP contribution >= 0.6 is 50.6 Å². The van der Waals surface area contributed by atoms with Crippen molar-refractivity contribution in [2.45, 2.75) is 11.8 Å². The lowest BCUT2D eigenvalue weighted by Crippen LogP contribution is -2.13. The molecule has 0 spiro atoms. The second-order valence-electron chi connectivity index (χ2n) is 3.25. The van der Waals surface area contributed by atoms with E-state index in [0.29, 0.717) is 11.3 Å². The lowest BCUT2D eigenvalue weighted by atomic mass is 10.0. The molecule has 1 saturated heterocycles. The minimum Gasteiger partial charge on any atom is -0.160 e. The van der Waals surface area contributed by atoms with E-state index in [1.165, 1.54) is 15.1 Å². The van der Waals surface area contributed by atoms with Crippen LogP contribution in [0.5, 0.6) is 0 Å². The normalized spacial score (nSPS) is 28.2. The van der Waals surface area contributed by atoms with Crippen LogP contribution < -0.4 is 0 Å². The van der Waals surface area contributed by atoms with Crippen LogP contribution in [0.15, 0.2) is 15.9 Å². The molecule has 0 aliphatic carbocycles. The van der Waals surface area contributed by atoms with Crippen LogP contribution in [0.4, 0.5) is 0 Å². The molecule has 0 radical (unpaired) electrons. The van der Waals surface area contributed by atoms with Crippen molar-refractivity contribution in [3.63, 3.8) is 0 Å². The van der Waals surface area contributed by atoms with E-state index in [1.807, 2.05) is 23.1 Å². The fourth-order valence-electron chi connectivity index (χ4n) is 1.48. The number of hydrogen-bond donors (Lipinski definition) is 0. The van der Waals surface area contributed by atoms with Gasteiger partial charge in [-0.3, -0.25) is 0 Å². The quantitative estimate of drug-likeness (QED) is 0.743. The van der Waals surface area contributed by atoms with Crippen LogP contribution in [0.1, 0.15) is 4.88 Å². The van der Waals surface area contributed by atoms with Gasteiger partial charge in [0.05, 0.1) is 0 Å². The molecule has 1 aliphatic heterocycles. The van der Waals surface area contributed by atoms with Crippen molar-refractivity contribution in [3.8, 4) is 0 Å². The standard InChI is InChI=1S/C9H10BrClS2/c10-7-2-8(13-4-7)1-6-3-12-5-9(6)11/h2,4,6,9H,1,3,5H2. The summed E-state index contributed by atoms with van der Waals surface area (Å²) in [5.74, 6) is 3.03. The molecule has 1 fully saturated rings. The smallest absolute Gasteiger partial charge is 0.0466 e. The van der Waals surface area contributed by atoms with Gasteiger partial charge in [0.25, 0.3) is 0 Å². The molecule has 0 nitrogen and oxygen atoms in total. The van der Waals surface area contributed by atoms with E-state index in [4.69, 9.17) is 11.6 Å². The zero-order valence-corrected chi connectivity index (χ0v) is 11.0. The first-order valence-corrected chi connectivity index (χ1v) is 7.47. The van der Waals surface area contributed by atoms with E-state index in [2.05, 4.69) is 27.4 Å². The molecule has 2 atom stereocenters. The molecule has 0 N–H and O–H groups in total. The predicted molar refractivity (Wildman–Crippen MR) is 66.2 cm³/mol. The molecule has 13 heavy (non-hydrogen) atoms. The van der Waals surface area contributed by atoms with Gasteiger partial charge >= 0.3 is 0 Å². The number of rotatable bonds is 2. The van der Waals surface area contributed by atoms with Crippen LogP contribution in [0.25, 0.3) is 0 Å². The summed E-state index contributed by atoms with van der Waals surface area (Å²) in [6.07, 6.45) is 1.15. The van der Waals surface area contributed by atoms with Gasteiger partial charge in [-0.05, 0) is 40.1 Å². The third kappa shape index (κ3) is 2.65. The van der Waals surface area contributed by atoms with Crippen LogP contribution in [0, 0.1) is 5.92 Å². The van der Waals surface area contributed by atoms with Crippen molar-refractivity contribution in [1.82, 2.24) is 0 Å². The summed E-state index contributed by atoms with van der Waals surface area (Å²) in [5.41, 5.74) is 0. The third-order valence-electron chi connectivity index (χ3n) is 2.21. The highest BCUT2D eigenvalue weighted by molar-refractivity contribution is 9.10. The predicted octanol–water partition coefficient (Wildman–Crippen LogP) is 4.02. The summed E-state index contributed by atoms with van der Waals surface area (Å²) in [7, 11) is 0. The van der Waals surface area contributed by atoms with E-state index in [1.54, 1.807) is 0 Å². The molecule has 0 saturated carbocycles. The molecular weight excluding hydrogens is 288 g/mol. The maximum Gasteiger partial charge on any atom is 0.0466 e. The zero-order valence-electron chi connectivity index (χ0n) is 7.00. The van der Waals surface area contributed by atoms with E-state index in [9.17, 15) is 0 Å². The van der Waals surface area contributed by atoms with Crippen molar-refractivity contribution < 1.29 is 0 Å². The highest BCUT2D eigenvalue weighted by Crippen LogP contribution is 2.33. The minimum absolute atomic E-state index is 0.380. The Balaban J connectivity index is 1.97.